The van der Waals surface area contributed by atoms with Crippen molar-refractivity contribution in [2.24, 2.45) is 0 Å². The van der Waals surface area contributed by atoms with Crippen LogP contribution in [0, 0.1) is 0 Å². The Bertz CT molecular complexity index is 2910. The van der Waals surface area contributed by atoms with Gasteiger partial charge < -0.3 is 4.90 Å². The standard InChI is InChI=1S/C55H37NS/c1-4-16-38(17-5-1)40-30-34-43(35-31-40)56(44-36-32-41(33-37-44)39-18-6-2-7-19-39)50-27-15-29-52-54(50)53-49(26-14-28-51(53)57-52)55(42-20-8-3-9-21-42)47-24-12-10-22-45(47)46-23-11-13-25-48(46)55/h1-37H. The van der Waals surface area contributed by atoms with E-state index < -0.39 is 5.41 Å². The van der Waals surface area contributed by atoms with Crippen LogP contribution in [0.1, 0.15) is 22.3 Å². The van der Waals surface area contributed by atoms with Crippen LogP contribution >= 0.6 is 11.3 Å². The SMILES string of the molecule is c1ccc(-c2ccc(N(c3ccc(-c4ccccc4)cc3)c3cccc4sc5cccc(C6(c7ccccc7)c7ccccc7-c7ccccc76)c5c34)cc2)cc1. The molecule has 1 aromatic heterocycles. The van der Waals surface area contributed by atoms with Crippen LogP contribution in [0.3, 0.4) is 0 Å². The van der Waals surface area contributed by atoms with E-state index in [0.29, 0.717) is 0 Å². The number of thiophene rings is 1. The molecular formula is C55H37NS. The van der Waals surface area contributed by atoms with Gasteiger partial charge in [-0.25, -0.2) is 0 Å². The third kappa shape index (κ3) is 5.29. The van der Waals surface area contributed by atoms with E-state index >= 15 is 0 Å². The van der Waals surface area contributed by atoms with Gasteiger partial charge in [-0.1, -0.05) is 182 Å². The van der Waals surface area contributed by atoms with Crippen molar-refractivity contribution in [3.05, 3.63) is 247 Å². The monoisotopic (exact) mass is 743 g/mol. The van der Waals surface area contributed by atoms with Crippen LogP contribution in [-0.4, -0.2) is 0 Å². The number of benzene rings is 9. The van der Waals surface area contributed by atoms with E-state index in [0.717, 1.165) is 17.1 Å². The average Bonchev–Trinajstić information content (AvgIpc) is 3.83. The molecule has 0 amide bonds. The van der Waals surface area contributed by atoms with Gasteiger partial charge in [0.05, 0.1) is 11.1 Å². The van der Waals surface area contributed by atoms with Gasteiger partial charge in [-0.3, -0.25) is 0 Å². The minimum absolute atomic E-state index is 0.519. The van der Waals surface area contributed by atoms with Gasteiger partial charge in [0.1, 0.15) is 0 Å². The normalized spacial score (nSPS) is 12.7. The maximum absolute atomic E-state index is 2.46. The first-order valence-corrected chi connectivity index (χ1v) is 20.4. The van der Waals surface area contributed by atoms with Crippen LogP contribution in [0.4, 0.5) is 17.1 Å². The van der Waals surface area contributed by atoms with Gasteiger partial charge in [-0.15, -0.1) is 11.3 Å². The Hall–Kier alpha value is -7.00. The molecule has 268 valence electrons. The molecule has 1 aliphatic carbocycles. The zero-order chi connectivity index (χ0) is 37.8. The van der Waals surface area contributed by atoms with E-state index in [4.69, 9.17) is 0 Å². The summed E-state index contributed by atoms with van der Waals surface area (Å²) >= 11 is 1.89. The van der Waals surface area contributed by atoms with Crippen molar-refractivity contribution >= 4 is 48.6 Å². The van der Waals surface area contributed by atoms with E-state index in [1.54, 1.807) is 0 Å². The Kier molecular flexibility index (Phi) is 7.98. The molecule has 10 aromatic rings. The Morgan fingerprint density at radius 3 is 1.28 bits per heavy atom. The predicted molar refractivity (Wildman–Crippen MR) is 242 cm³/mol. The summed E-state index contributed by atoms with van der Waals surface area (Å²) in [5.41, 5.74) is 15.5. The Morgan fingerprint density at radius 2 is 0.737 bits per heavy atom. The highest BCUT2D eigenvalue weighted by Gasteiger charge is 2.47. The number of nitrogens with zero attached hydrogens (tertiary/aromatic N) is 1. The molecule has 0 saturated carbocycles. The average molecular weight is 744 g/mol. The molecule has 0 bridgehead atoms. The predicted octanol–water partition coefficient (Wildman–Crippen LogP) is 15.2. The number of hydrogen-bond donors (Lipinski definition) is 0. The van der Waals surface area contributed by atoms with Crippen molar-refractivity contribution in [3.63, 3.8) is 0 Å². The zero-order valence-corrected chi connectivity index (χ0v) is 32.0. The molecule has 1 aliphatic rings. The van der Waals surface area contributed by atoms with Crippen molar-refractivity contribution in [1.29, 1.82) is 0 Å². The summed E-state index contributed by atoms with van der Waals surface area (Å²) in [5, 5.41) is 2.57. The molecule has 0 fully saturated rings. The van der Waals surface area contributed by atoms with Crippen LogP contribution in [-0.2, 0) is 5.41 Å². The highest BCUT2D eigenvalue weighted by atomic mass is 32.1. The number of rotatable bonds is 7. The Morgan fingerprint density at radius 1 is 0.316 bits per heavy atom. The van der Waals surface area contributed by atoms with Crippen molar-refractivity contribution in [1.82, 2.24) is 0 Å². The first-order valence-electron chi connectivity index (χ1n) is 19.6. The number of fused-ring (bicyclic) bond motifs is 6. The Balaban J connectivity index is 1.20. The first-order chi connectivity index (χ1) is 28.3. The fraction of sp³-hybridized carbons (Fsp3) is 0.0182. The zero-order valence-electron chi connectivity index (χ0n) is 31.2. The second-order valence-corrected chi connectivity index (χ2v) is 15.9. The largest absolute Gasteiger partial charge is 0.310 e. The van der Waals surface area contributed by atoms with E-state index in [1.807, 2.05) is 11.3 Å². The van der Waals surface area contributed by atoms with Gasteiger partial charge in [-0.2, -0.15) is 0 Å². The lowest BCUT2D eigenvalue weighted by molar-refractivity contribution is 0.777. The van der Waals surface area contributed by atoms with Crippen LogP contribution in [0.2, 0.25) is 0 Å². The fourth-order valence-electron chi connectivity index (χ4n) is 9.32. The number of hydrogen-bond acceptors (Lipinski definition) is 2. The highest BCUT2D eigenvalue weighted by Crippen LogP contribution is 2.59. The lowest BCUT2D eigenvalue weighted by Gasteiger charge is -2.35. The molecule has 1 nitrogen and oxygen atoms in total. The molecule has 0 atom stereocenters. The molecule has 1 heterocycles. The van der Waals surface area contributed by atoms with Gasteiger partial charge in [0.2, 0.25) is 0 Å². The third-order valence-corrected chi connectivity index (χ3v) is 12.9. The summed E-state index contributed by atoms with van der Waals surface area (Å²) in [6.45, 7) is 0. The van der Waals surface area contributed by atoms with Crippen LogP contribution in [0.25, 0.3) is 53.6 Å². The van der Waals surface area contributed by atoms with Gasteiger partial charge in [-0.05, 0) is 98.1 Å². The Labute approximate surface area is 337 Å². The van der Waals surface area contributed by atoms with Gasteiger partial charge in [0.15, 0.2) is 0 Å². The summed E-state index contributed by atoms with van der Waals surface area (Å²) in [6, 6.07) is 82.4. The molecule has 9 aromatic carbocycles. The van der Waals surface area contributed by atoms with E-state index in [2.05, 4.69) is 229 Å². The first kappa shape index (κ1) is 33.3. The summed E-state index contributed by atoms with van der Waals surface area (Å²) in [7, 11) is 0. The molecular weight excluding hydrogens is 707 g/mol. The van der Waals surface area contributed by atoms with E-state index in [9.17, 15) is 0 Å². The van der Waals surface area contributed by atoms with Crippen molar-refractivity contribution in [2.45, 2.75) is 5.41 Å². The smallest absolute Gasteiger partial charge is 0.0720 e. The van der Waals surface area contributed by atoms with E-state index in [-0.39, 0.29) is 0 Å². The molecule has 0 unspecified atom stereocenters. The highest BCUT2D eigenvalue weighted by molar-refractivity contribution is 7.26. The minimum atomic E-state index is -0.519. The van der Waals surface area contributed by atoms with Crippen molar-refractivity contribution in [2.75, 3.05) is 4.90 Å². The lowest BCUT2D eigenvalue weighted by atomic mass is 9.66. The summed E-state index contributed by atoms with van der Waals surface area (Å²) < 4.78 is 2.55. The van der Waals surface area contributed by atoms with Gasteiger partial charge in [0, 0.05) is 31.5 Å². The second-order valence-electron chi connectivity index (χ2n) is 14.8. The van der Waals surface area contributed by atoms with Gasteiger partial charge >= 0.3 is 0 Å². The van der Waals surface area contributed by atoms with Crippen molar-refractivity contribution < 1.29 is 0 Å². The second kappa shape index (κ2) is 13.6. The molecule has 2 heteroatoms. The molecule has 57 heavy (non-hydrogen) atoms. The summed E-state index contributed by atoms with van der Waals surface area (Å²) in [6.07, 6.45) is 0. The van der Waals surface area contributed by atoms with E-state index in [1.165, 1.54) is 75.8 Å². The maximum Gasteiger partial charge on any atom is 0.0720 e. The quantitative estimate of drug-likeness (QED) is 0.157. The molecule has 11 rings (SSSR count). The molecule has 0 spiro atoms. The van der Waals surface area contributed by atoms with Gasteiger partial charge in [0.25, 0.3) is 0 Å². The van der Waals surface area contributed by atoms with Crippen molar-refractivity contribution in [3.8, 4) is 33.4 Å². The van der Waals surface area contributed by atoms with Crippen LogP contribution in [0.15, 0.2) is 224 Å². The topological polar surface area (TPSA) is 3.24 Å². The fourth-order valence-corrected chi connectivity index (χ4v) is 10.5. The summed E-state index contributed by atoms with van der Waals surface area (Å²) in [4.78, 5) is 2.46. The molecule has 0 radical (unpaired) electrons. The third-order valence-electron chi connectivity index (χ3n) is 11.8. The number of anilines is 3. The molecule has 0 saturated heterocycles. The summed E-state index contributed by atoms with van der Waals surface area (Å²) in [5.74, 6) is 0. The molecule has 0 aliphatic heterocycles. The maximum atomic E-state index is 2.46. The lowest BCUT2D eigenvalue weighted by Crippen LogP contribution is -2.28. The molecule has 0 N–H and O–H groups in total. The van der Waals surface area contributed by atoms with Crippen LogP contribution in [0.5, 0.6) is 0 Å². The van der Waals surface area contributed by atoms with Crippen LogP contribution < -0.4 is 4.90 Å². The minimum Gasteiger partial charge on any atom is -0.310 e.